The number of hydrogen-bond acceptors (Lipinski definition) is 2. The highest BCUT2D eigenvalue weighted by atomic mass is 16.3. The molecule has 0 aromatic heterocycles. The predicted octanol–water partition coefficient (Wildman–Crippen LogP) is 2.28. The minimum atomic E-state index is -0.365. The van der Waals surface area contributed by atoms with Gasteiger partial charge in [0.2, 0.25) is 0 Å². The zero-order chi connectivity index (χ0) is 11.1. The molecule has 0 aliphatic heterocycles. The van der Waals surface area contributed by atoms with E-state index in [2.05, 4.69) is 6.58 Å². The SMILES string of the molecule is C=C(/C=C(\C)[C@@H](O)CC)C[C@@H](C)CO. The molecule has 0 spiro atoms. The maximum atomic E-state index is 9.51. The Bertz CT molecular complexity index is 206. The molecule has 0 aromatic rings. The second-order valence-corrected chi connectivity index (χ2v) is 3.96. The Kier molecular flexibility index (Phi) is 6.50. The third-order valence-electron chi connectivity index (χ3n) is 2.27. The Morgan fingerprint density at radius 2 is 2.07 bits per heavy atom. The van der Waals surface area contributed by atoms with Crippen molar-refractivity contribution in [2.75, 3.05) is 6.61 Å². The fourth-order valence-electron chi connectivity index (χ4n) is 1.31. The van der Waals surface area contributed by atoms with Crippen LogP contribution in [0.15, 0.2) is 23.8 Å². The van der Waals surface area contributed by atoms with E-state index in [1.165, 1.54) is 0 Å². The zero-order valence-electron chi connectivity index (χ0n) is 9.45. The smallest absolute Gasteiger partial charge is 0.0747 e. The molecule has 0 radical (unpaired) electrons. The van der Waals surface area contributed by atoms with Crippen molar-refractivity contribution >= 4 is 0 Å². The lowest BCUT2D eigenvalue weighted by molar-refractivity contribution is 0.206. The zero-order valence-corrected chi connectivity index (χ0v) is 9.45. The van der Waals surface area contributed by atoms with Crippen molar-refractivity contribution < 1.29 is 10.2 Å². The van der Waals surface area contributed by atoms with E-state index in [1.807, 2.05) is 26.8 Å². The van der Waals surface area contributed by atoms with Gasteiger partial charge in [-0.3, -0.25) is 0 Å². The third kappa shape index (κ3) is 5.20. The van der Waals surface area contributed by atoms with Crippen molar-refractivity contribution in [2.24, 2.45) is 5.92 Å². The number of aliphatic hydroxyl groups excluding tert-OH is 2. The van der Waals surface area contributed by atoms with Gasteiger partial charge >= 0.3 is 0 Å². The van der Waals surface area contributed by atoms with Gasteiger partial charge in [0.25, 0.3) is 0 Å². The molecular formula is C12H22O2. The van der Waals surface area contributed by atoms with Gasteiger partial charge in [-0.1, -0.05) is 32.1 Å². The van der Waals surface area contributed by atoms with Crippen molar-refractivity contribution in [3.05, 3.63) is 23.8 Å². The van der Waals surface area contributed by atoms with Crippen molar-refractivity contribution in [1.82, 2.24) is 0 Å². The average molecular weight is 198 g/mol. The summed E-state index contributed by atoms with van der Waals surface area (Å²) in [6.07, 6.45) is 3.06. The fraction of sp³-hybridized carbons (Fsp3) is 0.667. The van der Waals surface area contributed by atoms with Gasteiger partial charge in [-0.25, -0.2) is 0 Å². The van der Waals surface area contributed by atoms with E-state index in [4.69, 9.17) is 5.11 Å². The summed E-state index contributed by atoms with van der Waals surface area (Å²) in [5, 5.41) is 18.4. The minimum Gasteiger partial charge on any atom is -0.396 e. The molecule has 0 aromatic carbocycles. The molecule has 0 saturated heterocycles. The largest absolute Gasteiger partial charge is 0.396 e. The summed E-state index contributed by atoms with van der Waals surface area (Å²) in [6.45, 7) is 9.91. The Morgan fingerprint density at radius 1 is 1.50 bits per heavy atom. The summed E-state index contributed by atoms with van der Waals surface area (Å²) in [4.78, 5) is 0. The molecule has 0 amide bonds. The van der Waals surface area contributed by atoms with Gasteiger partial charge in [0.15, 0.2) is 0 Å². The van der Waals surface area contributed by atoms with Crippen LogP contribution in [0.4, 0.5) is 0 Å². The Balaban J connectivity index is 4.15. The highest BCUT2D eigenvalue weighted by molar-refractivity contribution is 5.22. The van der Waals surface area contributed by atoms with Crippen LogP contribution >= 0.6 is 0 Å². The molecule has 0 rings (SSSR count). The molecule has 0 bridgehead atoms. The Hall–Kier alpha value is -0.600. The first-order valence-corrected chi connectivity index (χ1v) is 5.16. The predicted molar refractivity (Wildman–Crippen MR) is 60.1 cm³/mol. The minimum absolute atomic E-state index is 0.183. The second kappa shape index (κ2) is 6.80. The summed E-state index contributed by atoms with van der Waals surface area (Å²) in [5.41, 5.74) is 1.92. The van der Waals surface area contributed by atoms with Crippen molar-refractivity contribution in [1.29, 1.82) is 0 Å². The molecule has 0 aliphatic carbocycles. The number of hydrogen-bond donors (Lipinski definition) is 2. The van der Waals surface area contributed by atoms with Crippen LogP contribution in [0, 0.1) is 5.92 Å². The molecular weight excluding hydrogens is 176 g/mol. The van der Waals surface area contributed by atoms with Crippen LogP contribution in [-0.2, 0) is 0 Å². The van der Waals surface area contributed by atoms with Gasteiger partial charge < -0.3 is 10.2 Å². The number of rotatable bonds is 6. The van der Waals surface area contributed by atoms with Crippen LogP contribution in [-0.4, -0.2) is 22.9 Å². The quantitative estimate of drug-likeness (QED) is 0.643. The van der Waals surface area contributed by atoms with Crippen LogP contribution in [0.25, 0.3) is 0 Å². The molecule has 0 aliphatic rings. The van der Waals surface area contributed by atoms with Crippen LogP contribution in [0.1, 0.15) is 33.6 Å². The molecule has 2 nitrogen and oxygen atoms in total. The number of allylic oxidation sites excluding steroid dienone is 2. The molecule has 0 heterocycles. The van der Waals surface area contributed by atoms with Crippen LogP contribution < -0.4 is 0 Å². The van der Waals surface area contributed by atoms with E-state index in [-0.39, 0.29) is 18.6 Å². The second-order valence-electron chi connectivity index (χ2n) is 3.96. The van der Waals surface area contributed by atoms with Gasteiger partial charge in [-0.15, -0.1) is 0 Å². The standard InChI is InChI=1S/C12H22O2/c1-5-12(14)11(4)7-9(2)6-10(3)8-13/h7,10,12-14H,2,5-6,8H2,1,3-4H3/b11-7+/t10-,12+/m1/s1. The van der Waals surface area contributed by atoms with Gasteiger partial charge in [0.1, 0.15) is 0 Å². The van der Waals surface area contributed by atoms with E-state index in [0.29, 0.717) is 0 Å². The van der Waals surface area contributed by atoms with Crippen LogP contribution in [0.2, 0.25) is 0 Å². The van der Waals surface area contributed by atoms with E-state index in [0.717, 1.165) is 24.0 Å². The van der Waals surface area contributed by atoms with Gasteiger partial charge in [-0.05, 0) is 31.3 Å². The molecule has 82 valence electrons. The normalized spacial score (nSPS) is 16.5. The van der Waals surface area contributed by atoms with Crippen molar-refractivity contribution in [2.45, 2.75) is 39.7 Å². The molecule has 2 heteroatoms. The summed E-state index contributed by atoms with van der Waals surface area (Å²) in [7, 11) is 0. The van der Waals surface area contributed by atoms with Crippen molar-refractivity contribution in [3.63, 3.8) is 0 Å². The summed E-state index contributed by atoms with van der Waals surface area (Å²) < 4.78 is 0. The fourth-order valence-corrected chi connectivity index (χ4v) is 1.31. The third-order valence-corrected chi connectivity index (χ3v) is 2.27. The van der Waals surface area contributed by atoms with Crippen molar-refractivity contribution in [3.8, 4) is 0 Å². The first-order valence-electron chi connectivity index (χ1n) is 5.16. The van der Waals surface area contributed by atoms with Gasteiger partial charge in [0.05, 0.1) is 6.10 Å². The van der Waals surface area contributed by atoms with Gasteiger partial charge in [-0.2, -0.15) is 0 Å². The van der Waals surface area contributed by atoms with Crippen LogP contribution in [0.5, 0.6) is 0 Å². The lowest BCUT2D eigenvalue weighted by Crippen LogP contribution is -2.07. The maximum Gasteiger partial charge on any atom is 0.0747 e. The van der Waals surface area contributed by atoms with E-state index >= 15 is 0 Å². The molecule has 0 saturated carbocycles. The summed E-state index contributed by atoms with van der Waals surface area (Å²) >= 11 is 0. The molecule has 2 atom stereocenters. The van der Waals surface area contributed by atoms with Gasteiger partial charge in [0, 0.05) is 6.61 Å². The van der Waals surface area contributed by atoms with Crippen LogP contribution in [0.3, 0.4) is 0 Å². The monoisotopic (exact) mass is 198 g/mol. The number of aliphatic hydroxyl groups is 2. The highest BCUT2D eigenvalue weighted by Gasteiger charge is 2.05. The Labute approximate surface area is 87.0 Å². The Morgan fingerprint density at radius 3 is 2.50 bits per heavy atom. The summed E-state index contributed by atoms with van der Waals surface area (Å²) in [6, 6.07) is 0. The molecule has 14 heavy (non-hydrogen) atoms. The lowest BCUT2D eigenvalue weighted by Gasteiger charge is -2.11. The topological polar surface area (TPSA) is 40.5 Å². The van der Waals surface area contributed by atoms with E-state index in [1.54, 1.807) is 0 Å². The average Bonchev–Trinajstić information content (AvgIpc) is 2.15. The lowest BCUT2D eigenvalue weighted by atomic mass is 9.99. The molecule has 0 fully saturated rings. The first kappa shape index (κ1) is 13.4. The summed E-state index contributed by atoms with van der Waals surface area (Å²) in [5.74, 6) is 0.241. The maximum absolute atomic E-state index is 9.51. The van der Waals surface area contributed by atoms with E-state index in [9.17, 15) is 5.11 Å². The molecule has 2 N–H and O–H groups in total. The first-order chi connectivity index (χ1) is 6.51. The molecule has 0 unspecified atom stereocenters. The highest BCUT2D eigenvalue weighted by Crippen LogP contribution is 2.14. The van der Waals surface area contributed by atoms with E-state index < -0.39 is 0 Å².